The highest BCUT2D eigenvalue weighted by Crippen LogP contribution is 2.30. The number of imidazole rings is 1. The van der Waals surface area contributed by atoms with Crippen molar-refractivity contribution in [3.05, 3.63) is 64.8 Å². The molecule has 0 unspecified atom stereocenters. The number of nitrogens with one attached hydrogen (secondary N) is 1. The van der Waals surface area contributed by atoms with Crippen LogP contribution in [0.25, 0.3) is 11.3 Å². The van der Waals surface area contributed by atoms with Crippen LogP contribution in [0.3, 0.4) is 0 Å². The van der Waals surface area contributed by atoms with E-state index in [1.54, 1.807) is 24.4 Å². The van der Waals surface area contributed by atoms with Crippen LogP contribution in [0.5, 0.6) is 0 Å². The normalized spacial score (nSPS) is 10.6. The molecule has 1 heterocycles. The van der Waals surface area contributed by atoms with Gasteiger partial charge in [0.15, 0.2) is 5.16 Å². The quantitative estimate of drug-likeness (QED) is 0.501. The van der Waals surface area contributed by atoms with Crippen molar-refractivity contribution in [3.63, 3.8) is 0 Å². The van der Waals surface area contributed by atoms with Gasteiger partial charge in [-0.05, 0) is 12.1 Å². The van der Waals surface area contributed by atoms with Gasteiger partial charge in [-0.25, -0.2) is 9.66 Å². The first kappa shape index (κ1) is 17.7. The van der Waals surface area contributed by atoms with Crippen molar-refractivity contribution < 1.29 is 4.79 Å². The highest BCUT2D eigenvalue weighted by molar-refractivity contribution is 7.99. The molecule has 0 atom stereocenters. The van der Waals surface area contributed by atoms with Gasteiger partial charge >= 0.3 is 0 Å². The molecule has 0 saturated carbocycles. The summed E-state index contributed by atoms with van der Waals surface area (Å²) in [5.41, 5.74) is 2.19. The Kier molecular flexibility index (Phi) is 5.53. The number of halogens is 2. The molecule has 128 valence electrons. The van der Waals surface area contributed by atoms with Gasteiger partial charge < -0.3 is 11.2 Å². The van der Waals surface area contributed by atoms with Gasteiger partial charge in [-0.15, -0.1) is 0 Å². The molecule has 0 spiro atoms. The molecule has 8 heteroatoms. The number of carbonyl (C=O) groups excluding carboxylic acids is 1. The van der Waals surface area contributed by atoms with Crippen molar-refractivity contribution in [1.29, 1.82) is 0 Å². The molecule has 2 aromatic carbocycles. The molecule has 0 fully saturated rings. The Morgan fingerprint density at radius 1 is 1.16 bits per heavy atom. The maximum Gasteiger partial charge on any atom is 0.234 e. The number of rotatable bonds is 5. The maximum atomic E-state index is 12.1. The predicted octanol–water partition coefficient (Wildman–Crippen LogP) is 4.30. The molecule has 1 amide bonds. The number of benzene rings is 2. The lowest BCUT2D eigenvalue weighted by Crippen LogP contribution is -2.16. The van der Waals surface area contributed by atoms with Gasteiger partial charge in [0, 0.05) is 5.56 Å². The van der Waals surface area contributed by atoms with Crippen LogP contribution in [-0.2, 0) is 4.79 Å². The Morgan fingerprint density at radius 2 is 1.92 bits per heavy atom. The largest absolute Gasteiger partial charge is 0.337 e. The minimum absolute atomic E-state index is 0.144. The summed E-state index contributed by atoms with van der Waals surface area (Å²) in [6, 6.07) is 14.8. The molecule has 0 bridgehead atoms. The van der Waals surface area contributed by atoms with E-state index in [0.717, 1.165) is 11.3 Å². The topological polar surface area (TPSA) is 72.9 Å². The number of carbonyl (C=O) groups is 1. The molecule has 0 aliphatic rings. The second kappa shape index (κ2) is 7.82. The number of nitrogens with two attached hydrogens (primary N) is 1. The molecule has 0 aliphatic heterocycles. The lowest BCUT2D eigenvalue weighted by atomic mass is 10.2. The Hall–Kier alpha value is -2.15. The fraction of sp³-hybridized carbons (Fsp3) is 0.0588. The Balaban J connectivity index is 1.65. The van der Waals surface area contributed by atoms with Crippen LogP contribution in [0.1, 0.15) is 0 Å². The number of nitrogens with zero attached hydrogens (tertiary/aromatic N) is 2. The van der Waals surface area contributed by atoms with E-state index in [1.807, 2.05) is 30.3 Å². The maximum absolute atomic E-state index is 12.1. The van der Waals surface area contributed by atoms with Gasteiger partial charge in [0.1, 0.15) is 0 Å². The van der Waals surface area contributed by atoms with Crippen LogP contribution >= 0.6 is 35.0 Å². The van der Waals surface area contributed by atoms with E-state index in [1.165, 1.54) is 16.4 Å². The predicted molar refractivity (Wildman–Crippen MR) is 104 cm³/mol. The van der Waals surface area contributed by atoms with Crippen molar-refractivity contribution in [1.82, 2.24) is 9.66 Å². The smallest absolute Gasteiger partial charge is 0.234 e. The van der Waals surface area contributed by atoms with Crippen molar-refractivity contribution in [2.45, 2.75) is 5.16 Å². The van der Waals surface area contributed by atoms with Crippen molar-refractivity contribution in [2.75, 3.05) is 16.9 Å². The highest BCUT2D eigenvalue weighted by atomic mass is 35.5. The molecule has 25 heavy (non-hydrogen) atoms. The van der Waals surface area contributed by atoms with Gasteiger partial charge in [-0.3, -0.25) is 4.79 Å². The van der Waals surface area contributed by atoms with Crippen LogP contribution in [0, 0.1) is 0 Å². The van der Waals surface area contributed by atoms with Gasteiger partial charge in [-0.2, -0.15) is 0 Å². The van der Waals surface area contributed by atoms with Crippen LogP contribution in [0.2, 0.25) is 10.0 Å². The first-order valence-corrected chi connectivity index (χ1v) is 9.05. The molecule has 0 aliphatic carbocycles. The Bertz CT molecular complexity index is 899. The summed E-state index contributed by atoms with van der Waals surface area (Å²) >= 11 is 13.2. The molecule has 3 N–H and O–H groups in total. The van der Waals surface area contributed by atoms with E-state index in [2.05, 4.69) is 10.3 Å². The molecule has 3 rings (SSSR count). The van der Waals surface area contributed by atoms with E-state index >= 15 is 0 Å². The van der Waals surface area contributed by atoms with Gasteiger partial charge in [0.2, 0.25) is 5.91 Å². The van der Waals surface area contributed by atoms with Gasteiger partial charge in [0.05, 0.1) is 33.4 Å². The van der Waals surface area contributed by atoms with Crippen LogP contribution in [0.15, 0.2) is 59.9 Å². The standard InChI is InChI=1S/C17H14Cl2N4OS/c18-12-7-4-8-13(16(12)19)21-15(24)10-25-17-22-14(9-23(17)20)11-5-2-1-3-6-11/h1-9H,10,20H2,(H,21,24). The molecular formula is C17H14Cl2N4OS. The summed E-state index contributed by atoms with van der Waals surface area (Å²) in [7, 11) is 0. The summed E-state index contributed by atoms with van der Waals surface area (Å²) in [4.78, 5) is 16.6. The first-order chi connectivity index (χ1) is 12.0. The van der Waals surface area contributed by atoms with E-state index < -0.39 is 0 Å². The van der Waals surface area contributed by atoms with E-state index in [9.17, 15) is 4.79 Å². The summed E-state index contributed by atoms with van der Waals surface area (Å²) < 4.78 is 1.41. The molecule has 0 saturated heterocycles. The zero-order valence-electron chi connectivity index (χ0n) is 12.9. The molecule has 1 aromatic heterocycles. The van der Waals surface area contributed by atoms with Crippen LogP contribution in [0.4, 0.5) is 5.69 Å². The monoisotopic (exact) mass is 392 g/mol. The van der Waals surface area contributed by atoms with E-state index in [0.29, 0.717) is 20.9 Å². The summed E-state index contributed by atoms with van der Waals surface area (Å²) in [6.45, 7) is 0. The second-order valence-electron chi connectivity index (χ2n) is 5.12. The Labute approximate surface area is 159 Å². The number of nitrogen functional groups attached to an aromatic ring is 1. The third kappa shape index (κ3) is 4.28. The number of amides is 1. The summed E-state index contributed by atoms with van der Waals surface area (Å²) in [5.74, 6) is 5.85. The SMILES string of the molecule is Nn1cc(-c2ccccc2)nc1SCC(=O)Nc1cccc(Cl)c1Cl. The number of thioether (sulfide) groups is 1. The first-order valence-electron chi connectivity index (χ1n) is 7.31. The molecule has 0 radical (unpaired) electrons. The van der Waals surface area contributed by atoms with E-state index in [-0.39, 0.29) is 11.7 Å². The molecule has 5 nitrogen and oxygen atoms in total. The zero-order chi connectivity index (χ0) is 17.8. The average Bonchev–Trinajstić information content (AvgIpc) is 2.99. The lowest BCUT2D eigenvalue weighted by molar-refractivity contribution is -0.113. The number of hydrogen-bond acceptors (Lipinski definition) is 4. The summed E-state index contributed by atoms with van der Waals surface area (Å²) in [5, 5.41) is 3.97. The number of anilines is 1. The molecular weight excluding hydrogens is 379 g/mol. The lowest BCUT2D eigenvalue weighted by Gasteiger charge is -2.07. The number of hydrogen-bond donors (Lipinski definition) is 2. The van der Waals surface area contributed by atoms with E-state index in [4.69, 9.17) is 29.0 Å². The third-order valence-electron chi connectivity index (χ3n) is 3.33. The average molecular weight is 393 g/mol. The minimum Gasteiger partial charge on any atom is -0.337 e. The van der Waals surface area contributed by atoms with Crippen molar-refractivity contribution >= 4 is 46.6 Å². The van der Waals surface area contributed by atoms with Crippen molar-refractivity contribution in [3.8, 4) is 11.3 Å². The highest BCUT2D eigenvalue weighted by Gasteiger charge is 2.12. The van der Waals surface area contributed by atoms with Crippen molar-refractivity contribution in [2.24, 2.45) is 0 Å². The summed E-state index contributed by atoms with van der Waals surface area (Å²) in [6.07, 6.45) is 1.73. The number of aromatic nitrogens is 2. The minimum atomic E-state index is -0.224. The van der Waals surface area contributed by atoms with Crippen LogP contribution in [-0.4, -0.2) is 21.3 Å². The Morgan fingerprint density at radius 3 is 2.68 bits per heavy atom. The van der Waals surface area contributed by atoms with Gasteiger partial charge in [0.25, 0.3) is 0 Å². The second-order valence-corrected chi connectivity index (χ2v) is 6.85. The third-order valence-corrected chi connectivity index (χ3v) is 5.11. The fourth-order valence-corrected chi connectivity index (χ4v) is 3.19. The fourth-order valence-electron chi connectivity index (χ4n) is 2.15. The zero-order valence-corrected chi connectivity index (χ0v) is 15.3. The molecule has 3 aromatic rings. The van der Waals surface area contributed by atoms with Crippen LogP contribution < -0.4 is 11.2 Å². The van der Waals surface area contributed by atoms with Gasteiger partial charge in [-0.1, -0.05) is 71.4 Å².